The third-order valence-corrected chi connectivity index (χ3v) is 2.17. The largest absolute Gasteiger partial charge is 0.393 e. The summed E-state index contributed by atoms with van der Waals surface area (Å²) in [6.45, 7) is 6.04. The number of aliphatic hydroxyl groups is 2. The van der Waals surface area contributed by atoms with Crippen molar-refractivity contribution in [2.45, 2.75) is 58.7 Å². The van der Waals surface area contributed by atoms with E-state index in [9.17, 15) is 10.2 Å². The Morgan fingerprint density at radius 1 is 1.17 bits per heavy atom. The molecule has 0 aliphatic heterocycles. The van der Waals surface area contributed by atoms with Gasteiger partial charge in [0.05, 0.1) is 12.2 Å². The van der Waals surface area contributed by atoms with Crippen molar-refractivity contribution in [3.8, 4) is 0 Å². The van der Waals surface area contributed by atoms with Crippen molar-refractivity contribution in [3.05, 3.63) is 0 Å². The van der Waals surface area contributed by atoms with Crippen LogP contribution in [0.3, 0.4) is 0 Å². The van der Waals surface area contributed by atoms with E-state index < -0.39 is 0 Å². The lowest BCUT2D eigenvalue weighted by atomic mass is 9.98. The van der Waals surface area contributed by atoms with E-state index >= 15 is 0 Å². The predicted octanol–water partition coefficient (Wildman–Crippen LogP) is 1.94. The Bertz CT molecular complexity index is 102. The first-order valence-corrected chi connectivity index (χ1v) is 4.94. The SMILES string of the molecule is CCCC[C@@H](O)C[C@H](O)C(C)C. The van der Waals surface area contributed by atoms with Crippen LogP contribution in [0.4, 0.5) is 0 Å². The molecule has 0 bridgehead atoms. The summed E-state index contributed by atoms with van der Waals surface area (Å²) in [6, 6.07) is 0. The van der Waals surface area contributed by atoms with Crippen LogP contribution >= 0.6 is 0 Å². The van der Waals surface area contributed by atoms with Crippen LogP contribution in [0.25, 0.3) is 0 Å². The number of unbranched alkanes of at least 4 members (excludes halogenated alkanes) is 1. The van der Waals surface area contributed by atoms with Crippen molar-refractivity contribution in [2.75, 3.05) is 0 Å². The topological polar surface area (TPSA) is 40.5 Å². The summed E-state index contributed by atoms with van der Waals surface area (Å²) in [4.78, 5) is 0. The Labute approximate surface area is 75.6 Å². The van der Waals surface area contributed by atoms with Gasteiger partial charge in [0.1, 0.15) is 0 Å². The van der Waals surface area contributed by atoms with Crippen molar-refractivity contribution in [1.29, 1.82) is 0 Å². The maximum Gasteiger partial charge on any atom is 0.0587 e. The lowest BCUT2D eigenvalue weighted by Crippen LogP contribution is -2.22. The number of aliphatic hydroxyl groups excluding tert-OH is 2. The van der Waals surface area contributed by atoms with Crippen LogP contribution in [0.15, 0.2) is 0 Å². The van der Waals surface area contributed by atoms with Gasteiger partial charge in [-0.25, -0.2) is 0 Å². The lowest BCUT2D eigenvalue weighted by Gasteiger charge is -2.18. The van der Waals surface area contributed by atoms with E-state index in [1.807, 2.05) is 13.8 Å². The fourth-order valence-electron chi connectivity index (χ4n) is 1.11. The second kappa shape index (κ2) is 6.44. The molecule has 0 aromatic carbocycles. The van der Waals surface area contributed by atoms with Crippen LogP contribution in [-0.4, -0.2) is 22.4 Å². The highest BCUT2D eigenvalue weighted by atomic mass is 16.3. The van der Waals surface area contributed by atoms with Gasteiger partial charge in [0.2, 0.25) is 0 Å². The zero-order chi connectivity index (χ0) is 9.56. The van der Waals surface area contributed by atoms with Crippen molar-refractivity contribution in [3.63, 3.8) is 0 Å². The molecule has 0 amide bonds. The number of rotatable bonds is 6. The molecule has 2 N–H and O–H groups in total. The van der Waals surface area contributed by atoms with Gasteiger partial charge in [0, 0.05) is 0 Å². The van der Waals surface area contributed by atoms with E-state index in [-0.39, 0.29) is 18.1 Å². The van der Waals surface area contributed by atoms with Crippen LogP contribution in [0.2, 0.25) is 0 Å². The summed E-state index contributed by atoms with van der Waals surface area (Å²) in [6.07, 6.45) is 2.83. The number of hydrogen-bond donors (Lipinski definition) is 2. The van der Waals surface area contributed by atoms with E-state index in [1.165, 1.54) is 0 Å². The minimum atomic E-state index is -0.350. The summed E-state index contributed by atoms with van der Waals surface area (Å²) in [5.74, 6) is 0.251. The molecule has 0 radical (unpaired) electrons. The molecule has 0 rings (SSSR count). The van der Waals surface area contributed by atoms with Crippen molar-refractivity contribution in [1.82, 2.24) is 0 Å². The molecule has 0 aliphatic carbocycles. The molecule has 0 unspecified atom stereocenters. The van der Waals surface area contributed by atoms with Gasteiger partial charge in [-0.1, -0.05) is 33.6 Å². The Hall–Kier alpha value is -0.0800. The molecular weight excluding hydrogens is 152 g/mol. The Morgan fingerprint density at radius 2 is 1.75 bits per heavy atom. The van der Waals surface area contributed by atoms with Gasteiger partial charge in [0.15, 0.2) is 0 Å². The molecule has 0 saturated heterocycles. The zero-order valence-corrected chi connectivity index (χ0v) is 8.45. The van der Waals surface area contributed by atoms with Crippen LogP contribution < -0.4 is 0 Å². The van der Waals surface area contributed by atoms with Crippen LogP contribution in [0.1, 0.15) is 46.5 Å². The van der Waals surface area contributed by atoms with Gasteiger partial charge >= 0.3 is 0 Å². The third kappa shape index (κ3) is 5.56. The van der Waals surface area contributed by atoms with Crippen LogP contribution in [0, 0.1) is 5.92 Å². The smallest absolute Gasteiger partial charge is 0.0587 e. The average molecular weight is 174 g/mol. The van der Waals surface area contributed by atoms with Crippen molar-refractivity contribution >= 4 is 0 Å². The van der Waals surface area contributed by atoms with E-state index in [0.717, 1.165) is 19.3 Å². The highest BCUT2D eigenvalue weighted by Crippen LogP contribution is 2.12. The lowest BCUT2D eigenvalue weighted by molar-refractivity contribution is 0.0490. The minimum Gasteiger partial charge on any atom is -0.393 e. The average Bonchev–Trinajstić information content (AvgIpc) is 2.00. The molecule has 2 atom stereocenters. The molecule has 0 saturated carbocycles. The maximum atomic E-state index is 9.44. The quantitative estimate of drug-likeness (QED) is 0.646. The van der Waals surface area contributed by atoms with Gasteiger partial charge in [-0.3, -0.25) is 0 Å². The molecule has 0 heterocycles. The second-order valence-corrected chi connectivity index (χ2v) is 3.84. The van der Waals surface area contributed by atoms with Gasteiger partial charge in [-0.05, 0) is 18.8 Å². The Balaban J connectivity index is 3.47. The molecule has 0 aromatic heterocycles. The van der Waals surface area contributed by atoms with E-state index in [1.54, 1.807) is 0 Å². The molecule has 74 valence electrons. The first-order chi connectivity index (χ1) is 5.57. The van der Waals surface area contributed by atoms with Gasteiger partial charge < -0.3 is 10.2 Å². The summed E-state index contributed by atoms with van der Waals surface area (Å²) < 4.78 is 0. The highest BCUT2D eigenvalue weighted by molar-refractivity contribution is 4.66. The fraction of sp³-hybridized carbons (Fsp3) is 1.00. The van der Waals surface area contributed by atoms with Gasteiger partial charge in [-0.2, -0.15) is 0 Å². The molecule has 0 spiro atoms. The first-order valence-electron chi connectivity index (χ1n) is 4.94. The monoisotopic (exact) mass is 174 g/mol. The Morgan fingerprint density at radius 3 is 2.17 bits per heavy atom. The molecule has 12 heavy (non-hydrogen) atoms. The zero-order valence-electron chi connectivity index (χ0n) is 8.45. The molecule has 2 heteroatoms. The molecule has 0 aliphatic rings. The van der Waals surface area contributed by atoms with E-state index in [2.05, 4.69) is 6.92 Å². The third-order valence-electron chi connectivity index (χ3n) is 2.17. The summed E-state index contributed by atoms with van der Waals surface area (Å²) >= 11 is 0. The molecule has 0 fully saturated rings. The van der Waals surface area contributed by atoms with E-state index in [4.69, 9.17) is 0 Å². The van der Waals surface area contributed by atoms with Gasteiger partial charge in [-0.15, -0.1) is 0 Å². The molecule has 0 aromatic rings. The molecular formula is C10H22O2. The standard InChI is InChI=1S/C10H22O2/c1-4-5-6-9(11)7-10(12)8(2)3/h8-12H,4-7H2,1-3H3/t9-,10+/m1/s1. The fourth-order valence-corrected chi connectivity index (χ4v) is 1.11. The summed E-state index contributed by atoms with van der Waals surface area (Å²) in [5, 5.41) is 18.9. The van der Waals surface area contributed by atoms with Crippen LogP contribution in [0.5, 0.6) is 0 Å². The van der Waals surface area contributed by atoms with Crippen molar-refractivity contribution < 1.29 is 10.2 Å². The normalized spacial score (nSPS) is 16.5. The van der Waals surface area contributed by atoms with E-state index in [0.29, 0.717) is 6.42 Å². The minimum absolute atomic E-state index is 0.251. The predicted molar refractivity (Wildman–Crippen MR) is 51.0 cm³/mol. The first kappa shape index (κ1) is 11.9. The maximum absolute atomic E-state index is 9.44. The van der Waals surface area contributed by atoms with Crippen LogP contribution in [-0.2, 0) is 0 Å². The number of hydrogen-bond acceptors (Lipinski definition) is 2. The van der Waals surface area contributed by atoms with Crippen molar-refractivity contribution in [2.24, 2.45) is 5.92 Å². The summed E-state index contributed by atoms with van der Waals surface area (Å²) in [5.41, 5.74) is 0. The Kier molecular flexibility index (Phi) is 6.39. The summed E-state index contributed by atoms with van der Waals surface area (Å²) in [7, 11) is 0. The highest BCUT2D eigenvalue weighted by Gasteiger charge is 2.14. The second-order valence-electron chi connectivity index (χ2n) is 3.84. The van der Waals surface area contributed by atoms with Gasteiger partial charge in [0.25, 0.3) is 0 Å². The molecule has 2 nitrogen and oxygen atoms in total.